The maximum atomic E-state index is 11.1. The lowest BCUT2D eigenvalue weighted by molar-refractivity contribution is 0.0694. The van der Waals surface area contributed by atoms with Gasteiger partial charge in [-0.25, -0.2) is 4.79 Å². The highest BCUT2D eigenvalue weighted by Gasteiger charge is 2.12. The van der Waals surface area contributed by atoms with E-state index in [-0.39, 0.29) is 5.56 Å². The Morgan fingerprint density at radius 2 is 1.61 bits per heavy atom. The van der Waals surface area contributed by atoms with Crippen LogP contribution >= 0.6 is 31.9 Å². The maximum absolute atomic E-state index is 11.1. The van der Waals surface area contributed by atoms with E-state index < -0.39 is 5.97 Å². The SMILES string of the molecule is O=C(O)c1ccc(Br)cc1Oc1ccc(Br)cc1. The topological polar surface area (TPSA) is 46.5 Å². The smallest absolute Gasteiger partial charge is 0.339 e. The molecule has 92 valence electrons. The molecular formula is C13H8Br2O3. The number of hydrogen-bond acceptors (Lipinski definition) is 2. The van der Waals surface area contributed by atoms with Gasteiger partial charge in [-0.3, -0.25) is 0 Å². The van der Waals surface area contributed by atoms with E-state index in [2.05, 4.69) is 31.9 Å². The summed E-state index contributed by atoms with van der Waals surface area (Å²) < 4.78 is 7.27. The highest BCUT2D eigenvalue weighted by molar-refractivity contribution is 9.10. The van der Waals surface area contributed by atoms with E-state index in [1.807, 2.05) is 12.1 Å². The highest BCUT2D eigenvalue weighted by Crippen LogP contribution is 2.29. The van der Waals surface area contributed by atoms with Crippen molar-refractivity contribution >= 4 is 37.8 Å². The highest BCUT2D eigenvalue weighted by atomic mass is 79.9. The van der Waals surface area contributed by atoms with Crippen LogP contribution in [0.25, 0.3) is 0 Å². The van der Waals surface area contributed by atoms with E-state index in [1.165, 1.54) is 6.07 Å². The van der Waals surface area contributed by atoms with Crippen LogP contribution in [0.15, 0.2) is 51.4 Å². The van der Waals surface area contributed by atoms with Gasteiger partial charge in [0.15, 0.2) is 0 Å². The van der Waals surface area contributed by atoms with Crippen LogP contribution < -0.4 is 4.74 Å². The number of carboxylic acid groups (broad SMARTS) is 1. The molecule has 0 unspecified atom stereocenters. The van der Waals surface area contributed by atoms with Gasteiger partial charge in [-0.05, 0) is 42.5 Å². The van der Waals surface area contributed by atoms with Crippen molar-refractivity contribution in [2.24, 2.45) is 0 Å². The fourth-order valence-electron chi connectivity index (χ4n) is 1.39. The molecule has 0 bridgehead atoms. The molecule has 0 aliphatic heterocycles. The van der Waals surface area contributed by atoms with Gasteiger partial charge in [0.2, 0.25) is 0 Å². The Morgan fingerprint density at radius 3 is 2.22 bits per heavy atom. The molecular weight excluding hydrogens is 364 g/mol. The minimum atomic E-state index is -1.02. The molecule has 2 aromatic rings. The third-order valence-electron chi connectivity index (χ3n) is 2.22. The first kappa shape index (κ1) is 13.1. The average molecular weight is 372 g/mol. The second kappa shape index (κ2) is 5.54. The van der Waals surface area contributed by atoms with E-state index in [9.17, 15) is 4.79 Å². The first-order chi connectivity index (χ1) is 8.56. The number of halogens is 2. The van der Waals surface area contributed by atoms with Gasteiger partial charge in [-0.2, -0.15) is 0 Å². The molecule has 0 aliphatic carbocycles. The third kappa shape index (κ3) is 3.11. The van der Waals surface area contributed by atoms with Crippen LogP contribution in [0, 0.1) is 0 Å². The summed E-state index contributed by atoms with van der Waals surface area (Å²) >= 11 is 6.61. The van der Waals surface area contributed by atoms with Crippen LogP contribution in [0.5, 0.6) is 11.5 Å². The molecule has 0 atom stereocenters. The van der Waals surface area contributed by atoms with Crippen LogP contribution in [0.3, 0.4) is 0 Å². The summed E-state index contributed by atoms with van der Waals surface area (Å²) in [6.45, 7) is 0. The van der Waals surface area contributed by atoms with Crippen molar-refractivity contribution < 1.29 is 14.6 Å². The first-order valence-electron chi connectivity index (χ1n) is 5.02. The first-order valence-corrected chi connectivity index (χ1v) is 6.61. The molecule has 0 saturated heterocycles. The van der Waals surface area contributed by atoms with Gasteiger partial charge in [-0.1, -0.05) is 31.9 Å². The fraction of sp³-hybridized carbons (Fsp3) is 0. The van der Waals surface area contributed by atoms with E-state index in [4.69, 9.17) is 9.84 Å². The van der Waals surface area contributed by atoms with Gasteiger partial charge in [0.05, 0.1) is 0 Å². The number of carbonyl (C=O) groups is 1. The molecule has 0 heterocycles. The Labute approximate surface area is 121 Å². The van der Waals surface area contributed by atoms with Gasteiger partial charge in [0, 0.05) is 8.95 Å². The van der Waals surface area contributed by atoms with Crippen LogP contribution in [-0.4, -0.2) is 11.1 Å². The zero-order chi connectivity index (χ0) is 13.1. The second-order valence-corrected chi connectivity index (χ2v) is 5.33. The van der Waals surface area contributed by atoms with Gasteiger partial charge in [0.25, 0.3) is 0 Å². The fourth-order valence-corrected chi connectivity index (χ4v) is 1.99. The zero-order valence-corrected chi connectivity index (χ0v) is 12.2. The summed E-state index contributed by atoms with van der Waals surface area (Å²) in [5.74, 6) is -0.132. The number of rotatable bonds is 3. The van der Waals surface area contributed by atoms with Crippen molar-refractivity contribution in [3.05, 3.63) is 57.0 Å². The molecule has 0 fully saturated rings. The summed E-state index contributed by atoms with van der Waals surface area (Å²) in [5.41, 5.74) is 0.126. The molecule has 3 nitrogen and oxygen atoms in total. The molecule has 0 amide bonds. The Hall–Kier alpha value is -1.33. The predicted octanol–water partition coefficient (Wildman–Crippen LogP) is 4.70. The number of aromatic carboxylic acids is 1. The van der Waals surface area contributed by atoms with Crippen molar-refractivity contribution in [1.29, 1.82) is 0 Å². The summed E-state index contributed by atoms with van der Waals surface area (Å²) in [6.07, 6.45) is 0. The van der Waals surface area contributed by atoms with Gasteiger partial charge in [-0.15, -0.1) is 0 Å². The van der Waals surface area contributed by atoms with Crippen molar-refractivity contribution in [3.63, 3.8) is 0 Å². The van der Waals surface area contributed by atoms with Crippen LogP contribution in [0.4, 0.5) is 0 Å². The zero-order valence-electron chi connectivity index (χ0n) is 9.06. The van der Waals surface area contributed by atoms with Crippen LogP contribution in [-0.2, 0) is 0 Å². The molecule has 0 aromatic heterocycles. The molecule has 0 saturated carbocycles. The molecule has 2 aromatic carbocycles. The van der Waals surface area contributed by atoms with Gasteiger partial charge in [0.1, 0.15) is 17.1 Å². The normalized spacial score (nSPS) is 10.1. The molecule has 0 radical (unpaired) electrons. The minimum Gasteiger partial charge on any atom is -0.478 e. The van der Waals surface area contributed by atoms with E-state index in [1.54, 1.807) is 24.3 Å². The lowest BCUT2D eigenvalue weighted by atomic mass is 10.2. The van der Waals surface area contributed by atoms with E-state index >= 15 is 0 Å². The second-order valence-electron chi connectivity index (χ2n) is 3.50. The van der Waals surface area contributed by atoms with E-state index in [0.29, 0.717) is 11.5 Å². The monoisotopic (exact) mass is 370 g/mol. The quantitative estimate of drug-likeness (QED) is 0.850. The third-order valence-corrected chi connectivity index (χ3v) is 3.24. The van der Waals surface area contributed by atoms with Crippen molar-refractivity contribution in [3.8, 4) is 11.5 Å². The Morgan fingerprint density at radius 1 is 1.00 bits per heavy atom. The molecule has 2 rings (SSSR count). The predicted molar refractivity (Wildman–Crippen MR) is 75.3 cm³/mol. The molecule has 0 aliphatic rings. The standard InChI is InChI=1S/C13H8Br2O3/c14-8-1-4-10(5-2-8)18-12-7-9(15)3-6-11(12)13(16)17/h1-7H,(H,16,17). The van der Waals surface area contributed by atoms with Crippen LogP contribution in [0.1, 0.15) is 10.4 Å². The Kier molecular flexibility index (Phi) is 4.04. The molecule has 18 heavy (non-hydrogen) atoms. The number of ether oxygens (including phenoxy) is 1. The largest absolute Gasteiger partial charge is 0.478 e. The van der Waals surface area contributed by atoms with Crippen LogP contribution in [0.2, 0.25) is 0 Å². The number of benzene rings is 2. The van der Waals surface area contributed by atoms with Gasteiger partial charge >= 0.3 is 5.97 Å². The maximum Gasteiger partial charge on any atom is 0.339 e. The summed E-state index contributed by atoms with van der Waals surface area (Å²) in [7, 11) is 0. The lowest BCUT2D eigenvalue weighted by Crippen LogP contribution is -1.99. The van der Waals surface area contributed by atoms with Crippen molar-refractivity contribution in [2.45, 2.75) is 0 Å². The summed E-state index contributed by atoms with van der Waals surface area (Å²) in [6, 6.07) is 12.0. The van der Waals surface area contributed by atoms with Gasteiger partial charge < -0.3 is 9.84 Å². The summed E-state index contributed by atoms with van der Waals surface area (Å²) in [5, 5.41) is 9.08. The van der Waals surface area contributed by atoms with Crippen molar-refractivity contribution in [2.75, 3.05) is 0 Å². The molecule has 0 spiro atoms. The molecule has 1 N–H and O–H groups in total. The Balaban J connectivity index is 2.35. The lowest BCUT2D eigenvalue weighted by Gasteiger charge is -2.09. The molecule has 5 heteroatoms. The summed E-state index contributed by atoms with van der Waals surface area (Å²) in [4.78, 5) is 11.1. The number of hydrogen-bond donors (Lipinski definition) is 1. The van der Waals surface area contributed by atoms with E-state index in [0.717, 1.165) is 8.95 Å². The average Bonchev–Trinajstić information content (AvgIpc) is 2.32. The minimum absolute atomic E-state index is 0.126. The van der Waals surface area contributed by atoms with Crippen molar-refractivity contribution in [1.82, 2.24) is 0 Å². The Bertz CT molecular complexity index is 579. The number of carboxylic acids is 1.